The zero-order valence-corrected chi connectivity index (χ0v) is 10.5. The maximum atomic E-state index is 10.9. The van der Waals surface area contributed by atoms with E-state index in [-0.39, 0.29) is 6.54 Å². The third-order valence-electron chi connectivity index (χ3n) is 2.62. The molecule has 0 aliphatic rings. The van der Waals surface area contributed by atoms with Crippen LogP contribution in [0, 0.1) is 11.3 Å². The first-order valence-corrected chi connectivity index (χ1v) is 5.90. The molecular weight excluding hydrogens is 242 g/mol. The molecule has 2 aromatic rings. The van der Waals surface area contributed by atoms with Gasteiger partial charge in [0.15, 0.2) is 0 Å². The van der Waals surface area contributed by atoms with E-state index in [1.165, 1.54) is 0 Å². The predicted molar refractivity (Wildman–Crippen MR) is 69.8 cm³/mol. The predicted octanol–water partition coefficient (Wildman–Crippen LogP) is 2.28. The van der Waals surface area contributed by atoms with E-state index in [0.29, 0.717) is 17.9 Å². The second kappa shape index (κ2) is 5.83. The number of ether oxygens (including phenoxy) is 1. The van der Waals surface area contributed by atoms with Crippen molar-refractivity contribution in [3.8, 4) is 22.9 Å². The van der Waals surface area contributed by atoms with Crippen molar-refractivity contribution >= 4 is 6.29 Å². The summed E-state index contributed by atoms with van der Waals surface area (Å²) >= 11 is 0. The van der Waals surface area contributed by atoms with Crippen LogP contribution in [0.25, 0.3) is 11.1 Å². The Hall–Kier alpha value is -2.61. The Morgan fingerprint density at radius 1 is 1.53 bits per heavy atom. The van der Waals surface area contributed by atoms with Gasteiger partial charge in [-0.2, -0.15) is 10.4 Å². The average Bonchev–Trinajstić information content (AvgIpc) is 2.88. The maximum Gasteiger partial charge on any atom is 0.150 e. The van der Waals surface area contributed by atoms with Crippen LogP contribution in [0.2, 0.25) is 0 Å². The molecule has 0 radical (unpaired) electrons. The number of aromatic nitrogens is 2. The number of aldehydes is 1. The first-order valence-electron chi connectivity index (χ1n) is 5.90. The Morgan fingerprint density at radius 3 is 3.05 bits per heavy atom. The molecule has 19 heavy (non-hydrogen) atoms. The van der Waals surface area contributed by atoms with Crippen LogP contribution < -0.4 is 4.74 Å². The number of carbonyl (C=O) groups is 1. The quantitative estimate of drug-likeness (QED) is 0.769. The molecule has 0 fully saturated rings. The van der Waals surface area contributed by atoms with Crippen molar-refractivity contribution in [2.24, 2.45) is 0 Å². The summed E-state index contributed by atoms with van der Waals surface area (Å²) in [6.45, 7) is 2.63. The van der Waals surface area contributed by atoms with Crippen molar-refractivity contribution in [3.63, 3.8) is 0 Å². The Morgan fingerprint density at radius 2 is 2.37 bits per heavy atom. The van der Waals surface area contributed by atoms with E-state index in [4.69, 9.17) is 10.00 Å². The van der Waals surface area contributed by atoms with Crippen LogP contribution in [0.4, 0.5) is 0 Å². The largest absolute Gasteiger partial charge is 0.493 e. The minimum atomic E-state index is 0.192. The molecule has 0 aliphatic carbocycles. The highest BCUT2D eigenvalue weighted by atomic mass is 16.5. The van der Waals surface area contributed by atoms with Crippen molar-refractivity contribution < 1.29 is 9.53 Å². The lowest BCUT2D eigenvalue weighted by atomic mass is 10.1. The van der Waals surface area contributed by atoms with E-state index in [9.17, 15) is 4.79 Å². The molecule has 2 rings (SSSR count). The number of hydrogen-bond acceptors (Lipinski definition) is 4. The van der Waals surface area contributed by atoms with Gasteiger partial charge < -0.3 is 4.74 Å². The Kier molecular flexibility index (Phi) is 3.94. The molecule has 1 heterocycles. The molecule has 0 atom stereocenters. The van der Waals surface area contributed by atoms with Gasteiger partial charge in [0.2, 0.25) is 0 Å². The summed E-state index contributed by atoms with van der Waals surface area (Å²) in [7, 11) is 0. The van der Waals surface area contributed by atoms with Crippen molar-refractivity contribution in [3.05, 3.63) is 36.2 Å². The first-order chi connectivity index (χ1) is 9.28. The molecule has 0 saturated heterocycles. The molecule has 0 bridgehead atoms. The molecule has 96 valence electrons. The number of carbonyl (C=O) groups excluding carboxylic acids is 1. The van der Waals surface area contributed by atoms with Gasteiger partial charge in [-0.1, -0.05) is 0 Å². The van der Waals surface area contributed by atoms with Gasteiger partial charge in [0.05, 0.1) is 18.9 Å². The number of hydrogen-bond donors (Lipinski definition) is 0. The number of benzene rings is 1. The van der Waals surface area contributed by atoms with Gasteiger partial charge in [0, 0.05) is 22.9 Å². The third kappa shape index (κ3) is 2.80. The van der Waals surface area contributed by atoms with Crippen LogP contribution in [-0.2, 0) is 6.54 Å². The molecule has 0 N–H and O–H groups in total. The van der Waals surface area contributed by atoms with E-state index in [1.807, 2.05) is 13.0 Å². The van der Waals surface area contributed by atoms with E-state index >= 15 is 0 Å². The summed E-state index contributed by atoms with van der Waals surface area (Å²) in [5.41, 5.74) is 2.20. The first kappa shape index (κ1) is 12.8. The second-order valence-corrected chi connectivity index (χ2v) is 3.89. The number of rotatable bonds is 5. The highest BCUT2D eigenvalue weighted by molar-refractivity contribution is 5.81. The van der Waals surface area contributed by atoms with E-state index < -0.39 is 0 Å². The monoisotopic (exact) mass is 255 g/mol. The summed E-state index contributed by atoms with van der Waals surface area (Å²) in [6, 6.07) is 7.26. The zero-order chi connectivity index (χ0) is 13.7. The number of nitrogens with zero attached hydrogens (tertiary/aromatic N) is 3. The average molecular weight is 255 g/mol. The van der Waals surface area contributed by atoms with Gasteiger partial charge in [-0.05, 0) is 25.1 Å². The SMILES string of the molecule is CCOc1ccc(C=O)cc1-c1cnn(CC#N)c1. The molecule has 0 unspecified atom stereocenters. The topological polar surface area (TPSA) is 67.9 Å². The van der Waals surface area contributed by atoms with Crippen LogP contribution >= 0.6 is 0 Å². The van der Waals surface area contributed by atoms with E-state index in [2.05, 4.69) is 5.10 Å². The zero-order valence-electron chi connectivity index (χ0n) is 10.5. The maximum absolute atomic E-state index is 10.9. The van der Waals surface area contributed by atoms with Gasteiger partial charge in [-0.15, -0.1) is 0 Å². The molecule has 0 saturated carbocycles. The summed E-state index contributed by atoms with van der Waals surface area (Å²) in [5.74, 6) is 0.699. The van der Waals surface area contributed by atoms with Gasteiger partial charge in [0.1, 0.15) is 18.6 Å². The minimum Gasteiger partial charge on any atom is -0.493 e. The van der Waals surface area contributed by atoms with Crippen LogP contribution in [0.3, 0.4) is 0 Å². The van der Waals surface area contributed by atoms with Crippen molar-refractivity contribution in [1.82, 2.24) is 9.78 Å². The lowest BCUT2D eigenvalue weighted by Crippen LogP contribution is -1.95. The molecule has 5 nitrogen and oxygen atoms in total. The third-order valence-corrected chi connectivity index (χ3v) is 2.62. The summed E-state index contributed by atoms with van der Waals surface area (Å²) < 4.78 is 7.08. The number of nitriles is 1. The molecule has 0 spiro atoms. The van der Waals surface area contributed by atoms with Gasteiger partial charge in [-0.25, -0.2) is 0 Å². The summed E-state index contributed by atoms with van der Waals surface area (Å²) in [4.78, 5) is 10.9. The summed E-state index contributed by atoms with van der Waals surface area (Å²) in [6.07, 6.45) is 4.21. The molecule has 1 aromatic carbocycles. The van der Waals surface area contributed by atoms with Crippen LogP contribution in [-0.4, -0.2) is 22.7 Å². The van der Waals surface area contributed by atoms with Crippen molar-refractivity contribution in [2.45, 2.75) is 13.5 Å². The van der Waals surface area contributed by atoms with Crippen LogP contribution in [0.5, 0.6) is 5.75 Å². The molecule has 0 amide bonds. The highest BCUT2D eigenvalue weighted by Crippen LogP contribution is 2.30. The van der Waals surface area contributed by atoms with Crippen LogP contribution in [0.1, 0.15) is 17.3 Å². The molecule has 5 heteroatoms. The van der Waals surface area contributed by atoms with Crippen LogP contribution in [0.15, 0.2) is 30.6 Å². The Bertz CT molecular complexity index is 626. The summed E-state index contributed by atoms with van der Waals surface area (Å²) in [5, 5.41) is 12.7. The Balaban J connectivity index is 2.45. The van der Waals surface area contributed by atoms with Crippen molar-refractivity contribution in [2.75, 3.05) is 6.61 Å². The standard InChI is InChI=1S/C14H13N3O2/c1-2-19-14-4-3-11(10-18)7-13(14)12-8-16-17(9-12)6-5-15/h3-4,7-10H,2,6H2,1H3. The fraction of sp³-hybridized carbons (Fsp3) is 0.214. The molecule has 0 aliphatic heterocycles. The normalized spacial score (nSPS) is 9.89. The minimum absolute atomic E-state index is 0.192. The van der Waals surface area contributed by atoms with E-state index in [0.717, 1.165) is 17.4 Å². The molecular formula is C14H13N3O2. The highest BCUT2D eigenvalue weighted by Gasteiger charge is 2.09. The van der Waals surface area contributed by atoms with E-state index in [1.54, 1.807) is 35.3 Å². The van der Waals surface area contributed by atoms with Gasteiger partial charge in [-0.3, -0.25) is 9.48 Å². The smallest absolute Gasteiger partial charge is 0.150 e. The van der Waals surface area contributed by atoms with Gasteiger partial charge >= 0.3 is 0 Å². The lowest BCUT2D eigenvalue weighted by Gasteiger charge is -2.09. The molecule has 1 aromatic heterocycles. The fourth-order valence-corrected chi connectivity index (χ4v) is 1.79. The van der Waals surface area contributed by atoms with Crippen molar-refractivity contribution in [1.29, 1.82) is 5.26 Å². The fourth-order valence-electron chi connectivity index (χ4n) is 1.79. The Labute approximate surface area is 111 Å². The second-order valence-electron chi connectivity index (χ2n) is 3.89. The lowest BCUT2D eigenvalue weighted by molar-refractivity contribution is 0.112. The van der Waals surface area contributed by atoms with Gasteiger partial charge in [0.25, 0.3) is 0 Å².